The summed E-state index contributed by atoms with van der Waals surface area (Å²) in [4.78, 5) is 19.0. The van der Waals surface area contributed by atoms with E-state index in [0.29, 0.717) is 19.1 Å². The Morgan fingerprint density at radius 2 is 2.12 bits per heavy atom. The number of hydrogen-bond donors (Lipinski definition) is 0. The number of carbonyl (C=O) groups excluding carboxylic acids is 1. The fraction of sp³-hybridized carbons (Fsp3) is 0.400. The molecule has 1 atom stereocenters. The van der Waals surface area contributed by atoms with Gasteiger partial charge >= 0.3 is 0 Å². The minimum absolute atomic E-state index is 0.125. The van der Waals surface area contributed by atoms with Crippen LogP contribution in [0.25, 0.3) is 0 Å². The van der Waals surface area contributed by atoms with Gasteiger partial charge in [-0.15, -0.1) is 11.8 Å². The van der Waals surface area contributed by atoms with Gasteiger partial charge in [-0.1, -0.05) is 12.1 Å². The molecule has 1 aromatic heterocycles. The summed E-state index contributed by atoms with van der Waals surface area (Å²) in [6.07, 6.45) is 2.89. The molecule has 26 heavy (non-hydrogen) atoms. The van der Waals surface area contributed by atoms with Gasteiger partial charge in [0, 0.05) is 43.1 Å². The molecule has 1 spiro atoms. The number of benzene rings is 1. The molecule has 2 saturated heterocycles. The van der Waals surface area contributed by atoms with E-state index in [0.717, 1.165) is 36.4 Å². The van der Waals surface area contributed by atoms with Crippen molar-refractivity contribution < 1.29 is 14.3 Å². The maximum absolute atomic E-state index is 12.8. The molecular weight excluding hydrogens is 348 g/mol. The lowest BCUT2D eigenvalue weighted by atomic mass is 9.92. The first-order chi connectivity index (χ1) is 12.7. The number of fused-ring (bicyclic) bond motifs is 1. The highest BCUT2D eigenvalue weighted by Crippen LogP contribution is 2.46. The van der Waals surface area contributed by atoms with Gasteiger partial charge in [0.1, 0.15) is 6.10 Å². The summed E-state index contributed by atoms with van der Waals surface area (Å²) in [6, 6.07) is 11.7. The van der Waals surface area contributed by atoms with Crippen LogP contribution in [0.3, 0.4) is 0 Å². The van der Waals surface area contributed by atoms with Crippen LogP contribution in [0, 0.1) is 0 Å². The fourth-order valence-electron chi connectivity index (χ4n) is 3.97. The maximum atomic E-state index is 12.8. The lowest BCUT2D eigenvalue weighted by Crippen LogP contribution is -2.60. The number of likely N-dealkylation sites (tertiary alicyclic amines) is 1. The van der Waals surface area contributed by atoms with Crippen molar-refractivity contribution in [2.45, 2.75) is 30.5 Å². The molecule has 0 bridgehead atoms. The summed E-state index contributed by atoms with van der Waals surface area (Å²) < 4.78 is 11.6. The molecule has 3 aliphatic heterocycles. The third-order valence-corrected chi connectivity index (χ3v) is 6.89. The highest BCUT2D eigenvalue weighted by atomic mass is 32.2. The van der Waals surface area contributed by atoms with Gasteiger partial charge in [0.25, 0.3) is 5.91 Å². The molecule has 2 fully saturated rings. The Kier molecular flexibility index (Phi) is 3.90. The summed E-state index contributed by atoms with van der Waals surface area (Å²) in [5.74, 6) is 1.76. The van der Waals surface area contributed by atoms with E-state index in [4.69, 9.17) is 9.47 Å². The number of hydrogen-bond acceptors (Lipinski definition) is 5. The molecular formula is C20H20N2O3S. The normalized spacial score (nSPS) is 22.9. The highest BCUT2D eigenvalue weighted by Gasteiger charge is 2.51. The van der Waals surface area contributed by atoms with Crippen LogP contribution in [0.4, 0.5) is 0 Å². The number of rotatable bonds is 3. The van der Waals surface area contributed by atoms with Gasteiger partial charge in [-0.05, 0) is 29.3 Å². The van der Waals surface area contributed by atoms with Gasteiger partial charge in [0.2, 0.25) is 5.88 Å². The van der Waals surface area contributed by atoms with Crippen molar-refractivity contribution in [1.29, 1.82) is 0 Å². The first-order valence-electron chi connectivity index (χ1n) is 8.91. The van der Waals surface area contributed by atoms with Crippen LogP contribution in [0.5, 0.6) is 5.88 Å². The molecule has 0 aliphatic carbocycles. The van der Waals surface area contributed by atoms with Crippen molar-refractivity contribution in [1.82, 2.24) is 9.88 Å². The molecule has 5 rings (SSSR count). The number of nitrogens with zero attached hydrogens (tertiary/aromatic N) is 2. The SMILES string of the molecule is O=C(c1ccc2c(c1)COC2)N1CC2(CC(Oc3ccccn3)CS2)C1. The molecule has 1 aromatic carbocycles. The van der Waals surface area contributed by atoms with E-state index >= 15 is 0 Å². The molecule has 134 valence electrons. The van der Waals surface area contributed by atoms with Crippen LogP contribution < -0.4 is 4.74 Å². The van der Waals surface area contributed by atoms with Gasteiger partial charge in [-0.3, -0.25) is 4.79 Å². The number of ether oxygens (including phenoxy) is 2. The number of amides is 1. The quantitative estimate of drug-likeness (QED) is 0.834. The Morgan fingerprint density at radius 3 is 2.96 bits per heavy atom. The molecule has 1 amide bonds. The Hall–Kier alpha value is -2.05. The Balaban J connectivity index is 1.20. The van der Waals surface area contributed by atoms with E-state index in [1.807, 2.05) is 53.1 Å². The summed E-state index contributed by atoms with van der Waals surface area (Å²) >= 11 is 1.93. The van der Waals surface area contributed by atoms with Crippen molar-refractivity contribution in [2.24, 2.45) is 0 Å². The molecule has 0 N–H and O–H groups in total. The fourth-order valence-corrected chi connectivity index (χ4v) is 5.49. The highest BCUT2D eigenvalue weighted by molar-refractivity contribution is 8.01. The summed E-state index contributed by atoms with van der Waals surface area (Å²) in [6.45, 7) is 2.87. The Labute approximate surface area is 156 Å². The van der Waals surface area contributed by atoms with Gasteiger partial charge in [-0.2, -0.15) is 0 Å². The number of pyridine rings is 1. The minimum Gasteiger partial charge on any atom is -0.473 e. The average molecular weight is 368 g/mol. The van der Waals surface area contributed by atoms with Crippen molar-refractivity contribution in [3.8, 4) is 5.88 Å². The topological polar surface area (TPSA) is 51.7 Å². The zero-order valence-electron chi connectivity index (χ0n) is 14.4. The van der Waals surface area contributed by atoms with E-state index in [1.54, 1.807) is 6.20 Å². The van der Waals surface area contributed by atoms with Crippen LogP contribution in [-0.2, 0) is 18.0 Å². The second kappa shape index (κ2) is 6.28. The van der Waals surface area contributed by atoms with E-state index in [9.17, 15) is 4.79 Å². The molecule has 4 heterocycles. The standard InChI is InChI=1S/C20H20N2O3S/c23-19(14-4-5-15-9-24-10-16(15)7-14)22-12-20(13-22)8-17(11-26-20)25-18-3-1-2-6-21-18/h1-7,17H,8-13H2. The first-order valence-corrected chi connectivity index (χ1v) is 9.90. The first kappa shape index (κ1) is 16.1. The Bertz CT molecular complexity index is 836. The Morgan fingerprint density at radius 1 is 1.23 bits per heavy atom. The summed E-state index contributed by atoms with van der Waals surface area (Å²) in [5, 5.41) is 0. The molecule has 6 heteroatoms. The zero-order chi connectivity index (χ0) is 17.6. The predicted molar refractivity (Wildman–Crippen MR) is 99.3 cm³/mol. The van der Waals surface area contributed by atoms with E-state index < -0.39 is 0 Å². The van der Waals surface area contributed by atoms with Gasteiger partial charge < -0.3 is 14.4 Å². The van der Waals surface area contributed by atoms with Crippen molar-refractivity contribution in [3.05, 3.63) is 59.3 Å². The van der Waals surface area contributed by atoms with Gasteiger partial charge in [0.05, 0.1) is 18.0 Å². The number of thioether (sulfide) groups is 1. The summed E-state index contributed by atoms with van der Waals surface area (Å²) in [7, 11) is 0. The van der Waals surface area contributed by atoms with E-state index in [1.165, 1.54) is 5.56 Å². The molecule has 2 aromatic rings. The predicted octanol–water partition coefficient (Wildman–Crippen LogP) is 2.89. The van der Waals surface area contributed by atoms with Crippen LogP contribution in [-0.4, -0.2) is 45.5 Å². The van der Waals surface area contributed by atoms with Crippen LogP contribution in [0.2, 0.25) is 0 Å². The van der Waals surface area contributed by atoms with Crippen LogP contribution >= 0.6 is 11.8 Å². The van der Waals surface area contributed by atoms with Crippen LogP contribution in [0.1, 0.15) is 27.9 Å². The van der Waals surface area contributed by atoms with Gasteiger partial charge in [0.15, 0.2) is 0 Å². The maximum Gasteiger partial charge on any atom is 0.253 e. The second-order valence-electron chi connectivity index (χ2n) is 7.24. The van der Waals surface area contributed by atoms with Crippen LogP contribution in [0.15, 0.2) is 42.6 Å². The third-order valence-electron chi connectivity index (χ3n) is 5.31. The lowest BCUT2D eigenvalue weighted by molar-refractivity contribution is 0.0516. The number of aromatic nitrogens is 1. The minimum atomic E-state index is 0.125. The molecule has 5 nitrogen and oxygen atoms in total. The van der Waals surface area contributed by atoms with Crippen molar-refractivity contribution >= 4 is 17.7 Å². The van der Waals surface area contributed by atoms with Crippen molar-refractivity contribution in [2.75, 3.05) is 18.8 Å². The molecule has 1 unspecified atom stereocenters. The number of carbonyl (C=O) groups is 1. The zero-order valence-corrected chi connectivity index (χ0v) is 15.2. The van der Waals surface area contributed by atoms with Gasteiger partial charge in [-0.25, -0.2) is 4.98 Å². The monoisotopic (exact) mass is 368 g/mol. The summed E-state index contributed by atoms with van der Waals surface area (Å²) in [5.41, 5.74) is 3.11. The molecule has 0 radical (unpaired) electrons. The third kappa shape index (κ3) is 2.87. The second-order valence-corrected chi connectivity index (χ2v) is 8.73. The lowest BCUT2D eigenvalue weighted by Gasteiger charge is -2.47. The smallest absolute Gasteiger partial charge is 0.253 e. The van der Waals surface area contributed by atoms with E-state index in [-0.39, 0.29) is 16.8 Å². The average Bonchev–Trinajstić information content (AvgIpc) is 3.27. The molecule has 0 saturated carbocycles. The molecule has 3 aliphatic rings. The van der Waals surface area contributed by atoms with E-state index in [2.05, 4.69) is 4.98 Å². The van der Waals surface area contributed by atoms with Crippen molar-refractivity contribution in [3.63, 3.8) is 0 Å². The largest absolute Gasteiger partial charge is 0.473 e.